The lowest BCUT2D eigenvalue weighted by Gasteiger charge is -2.02. The first kappa shape index (κ1) is 7.54. The van der Waals surface area contributed by atoms with Gasteiger partial charge in [-0.15, -0.1) is 0 Å². The molecule has 1 aromatic heterocycles. The Morgan fingerprint density at radius 1 is 1.50 bits per heavy atom. The smallest absolute Gasteiger partial charge is 0.328 e. The van der Waals surface area contributed by atoms with Crippen molar-refractivity contribution in [3.8, 4) is 0 Å². The van der Waals surface area contributed by atoms with Gasteiger partial charge in [-0.2, -0.15) is 5.10 Å². The van der Waals surface area contributed by atoms with Crippen LogP contribution in [0, 0.1) is 0 Å². The third kappa shape index (κ3) is 1.27. The van der Waals surface area contributed by atoms with Crippen LogP contribution in [0.4, 0.5) is 0 Å². The van der Waals surface area contributed by atoms with E-state index >= 15 is 0 Å². The van der Waals surface area contributed by atoms with Crippen molar-refractivity contribution in [1.82, 2.24) is 15.2 Å². The van der Waals surface area contributed by atoms with E-state index in [-0.39, 0.29) is 11.7 Å². The van der Waals surface area contributed by atoms with Crippen LogP contribution in [-0.4, -0.2) is 21.2 Å². The number of H-pyrrole nitrogens is 2. The van der Waals surface area contributed by atoms with Gasteiger partial charge in [-0.1, -0.05) is 0 Å². The van der Waals surface area contributed by atoms with Crippen molar-refractivity contribution in [2.24, 2.45) is 5.73 Å². The Bertz CT molecular complexity index is 315. The summed E-state index contributed by atoms with van der Waals surface area (Å²) in [6, 6.07) is 0.273. The van der Waals surface area contributed by atoms with E-state index in [0.717, 1.165) is 25.1 Å². The number of rotatable bonds is 1. The van der Waals surface area contributed by atoms with E-state index in [0.29, 0.717) is 5.92 Å². The fourth-order valence-corrected chi connectivity index (χ4v) is 1.74. The number of nitrogens with one attached hydrogen (secondary N) is 2. The zero-order valence-electron chi connectivity index (χ0n) is 6.71. The maximum absolute atomic E-state index is 10.7. The molecule has 5 nitrogen and oxygen atoms in total. The van der Waals surface area contributed by atoms with E-state index in [2.05, 4.69) is 15.2 Å². The molecular formula is C7H12N4O. The molecule has 0 saturated heterocycles. The van der Waals surface area contributed by atoms with Crippen LogP contribution in [0.5, 0.6) is 0 Å². The average Bonchev–Trinajstić information content (AvgIpc) is 2.58. The molecule has 2 atom stereocenters. The highest BCUT2D eigenvalue weighted by Crippen LogP contribution is 2.30. The molecule has 1 aliphatic rings. The van der Waals surface area contributed by atoms with E-state index in [9.17, 15) is 4.79 Å². The normalized spacial score (nSPS) is 29.4. The minimum absolute atomic E-state index is 0.231. The van der Waals surface area contributed by atoms with Gasteiger partial charge in [0.25, 0.3) is 0 Å². The molecule has 0 amide bonds. The van der Waals surface area contributed by atoms with Gasteiger partial charge in [0.15, 0.2) is 0 Å². The van der Waals surface area contributed by atoms with Crippen LogP contribution < -0.4 is 11.4 Å². The number of hydrogen-bond donors (Lipinski definition) is 3. The summed E-state index contributed by atoms with van der Waals surface area (Å²) in [5, 5.41) is 6.24. The summed E-state index contributed by atoms with van der Waals surface area (Å²) in [7, 11) is 0. The fraction of sp³-hybridized carbons (Fsp3) is 0.714. The summed E-state index contributed by atoms with van der Waals surface area (Å²) in [5.41, 5.74) is 5.51. The van der Waals surface area contributed by atoms with Crippen LogP contribution >= 0.6 is 0 Å². The second kappa shape index (κ2) is 2.75. The molecule has 1 aromatic rings. The maximum Gasteiger partial charge on any atom is 0.340 e. The van der Waals surface area contributed by atoms with E-state index in [1.807, 2.05) is 0 Å². The van der Waals surface area contributed by atoms with Gasteiger partial charge in [-0.05, 0) is 19.3 Å². The van der Waals surface area contributed by atoms with Crippen molar-refractivity contribution in [2.45, 2.75) is 31.2 Å². The molecule has 0 radical (unpaired) electrons. The number of aromatic amines is 2. The summed E-state index contributed by atoms with van der Waals surface area (Å²) < 4.78 is 0. The van der Waals surface area contributed by atoms with Crippen LogP contribution in [0.1, 0.15) is 31.0 Å². The standard InChI is InChI=1S/C7H12N4O/c8-5-2-1-4(3-5)6-9-7(12)11-10-6/h4-5H,1-3,8H2,(H2,9,10,11,12). The van der Waals surface area contributed by atoms with Gasteiger partial charge in [-0.3, -0.25) is 4.98 Å². The van der Waals surface area contributed by atoms with Crippen molar-refractivity contribution >= 4 is 0 Å². The monoisotopic (exact) mass is 168 g/mol. The molecule has 2 rings (SSSR count). The van der Waals surface area contributed by atoms with Crippen molar-refractivity contribution in [2.75, 3.05) is 0 Å². The van der Waals surface area contributed by atoms with E-state index in [1.165, 1.54) is 0 Å². The summed E-state index contributed by atoms with van der Waals surface area (Å²) in [5.74, 6) is 1.10. The fourth-order valence-electron chi connectivity index (χ4n) is 1.74. The molecule has 0 bridgehead atoms. The Hall–Kier alpha value is -1.10. The average molecular weight is 168 g/mol. The minimum Gasteiger partial charge on any atom is -0.328 e. The van der Waals surface area contributed by atoms with Crippen molar-refractivity contribution in [3.63, 3.8) is 0 Å². The first-order valence-electron chi connectivity index (χ1n) is 4.16. The molecule has 5 heteroatoms. The molecule has 4 N–H and O–H groups in total. The predicted octanol–water partition coefficient (Wildman–Crippen LogP) is -0.307. The van der Waals surface area contributed by atoms with Crippen LogP contribution in [0.25, 0.3) is 0 Å². The molecule has 0 spiro atoms. The third-order valence-electron chi connectivity index (χ3n) is 2.38. The maximum atomic E-state index is 10.7. The Kier molecular flexibility index (Phi) is 1.73. The molecule has 1 aliphatic carbocycles. The Labute approximate surface area is 69.4 Å². The summed E-state index contributed by atoms with van der Waals surface area (Å²) >= 11 is 0. The highest BCUT2D eigenvalue weighted by molar-refractivity contribution is 4.98. The predicted molar refractivity (Wildman–Crippen MR) is 43.8 cm³/mol. The molecular weight excluding hydrogens is 156 g/mol. The van der Waals surface area contributed by atoms with E-state index in [4.69, 9.17) is 5.73 Å². The first-order chi connectivity index (χ1) is 5.75. The number of aromatic nitrogens is 3. The largest absolute Gasteiger partial charge is 0.340 e. The minimum atomic E-state index is -0.231. The zero-order valence-corrected chi connectivity index (χ0v) is 6.71. The van der Waals surface area contributed by atoms with Crippen LogP contribution in [0.3, 0.4) is 0 Å². The van der Waals surface area contributed by atoms with Gasteiger partial charge in [0.2, 0.25) is 0 Å². The van der Waals surface area contributed by atoms with Gasteiger partial charge in [0, 0.05) is 12.0 Å². The van der Waals surface area contributed by atoms with Gasteiger partial charge >= 0.3 is 5.69 Å². The van der Waals surface area contributed by atoms with Crippen LogP contribution in [0.15, 0.2) is 4.79 Å². The number of nitrogens with two attached hydrogens (primary N) is 1. The van der Waals surface area contributed by atoms with Crippen LogP contribution in [0.2, 0.25) is 0 Å². The lowest BCUT2D eigenvalue weighted by Crippen LogP contribution is -2.14. The third-order valence-corrected chi connectivity index (χ3v) is 2.38. The van der Waals surface area contributed by atoms with Gasteiger partial charge < -0.3 is 5.73 Å². The molecule has 66 valence electrons. The van der Waals surface area contributed by atoms with E-state index in [1.54, 1.807) is 0 Å². The van der Waals surface area contributed by atoms with Crippen molar-refractivity contribution < 1.29 is 0 Å². The number of hydrogen-bond acceptors (Lipinski definition) is 3. The SMILES string of the molecule is NC1CCC(c2n[nH]c(=O)[nH]2)C1. The highest BCUT2D eigenvalue weighted by Gasteiger charge is 2.25. The molecule has 0 aliphatic heterocycles. The van der Waals surface area contributed by atoms with E-state index < -0.39 is 0 Å². The lowest BCUT2D eigenvalue weighted by atomic mass is 10.1. The van der Waals surface area contributed by atoms with Crippen LogP contribution in [-0.2, 0) is 0 Å². The Morgan fingerprint density at radius 3 is 2.83 bits per heavy atom. The lowest BCUT2D eigenvalue weighted by molar-refractivity contribution is 0.645. The Morgan fingerprint density at radius 2 is 2.33 bits per heavy atom. The van der Waals surface area contributed by atoms with Crippen molar-refractivity contribution in [1.29, 1.82) is 0 Å². The second-order valence-electron chi connectivity index (χ2n) is 3.33. The van der Waals surface area contributed by atoms with Crippen molar-refractivity contribution in [3.05, 3.63) is 16.3 Å². The zero-order chi connectivity index (χ0) is 8.55. The summed E-state index contributed by atoms with van der Waals surface area (Å²) in [6.45, 7) is 0. The van der Waals surface area contributed by atoms with Gasteiger partial charge in [-0.25, -0.2) is 9.89 Å². The molecule has 1 saturated carbocycles. The molecule has 2 unspecified atom stereocenters. The van der Waals surface area contributed by atoms with Gasteiger partial charge in [0.1, 0.15) is 5.82 Å². The first-order valence-corrected chi connectivity index (χ1v) is 4.16. The van der Waals surface area contributed by atoms with Gasteiger partial charge in [0.05, 0.1) is 0 Å². The molecule has 0 aromatic carbocycles. The number of nitrogens with zero attached hydrogens (tertiary/aromatic N) is 1. The highest BCUT2D eigenvalue weighted by atomic mass is 16.1. The summed E-state index contributed by atoms with van der Waals surface area (Å²) in [6.07, 6.45) is 2.99. The second-order valence-corrected chi connectivity index (χ2v) is 3.33. The molecule has 1 heterocycles. The Balaban J connectivity index is 2.16. The molecule has 1 fully saturated rings. The quantitative estimate of drug-likeness (QED) is 0.537. The topological polar surface area (TPSA) is 87.6 Å². The molecule has 12 heavy (non-hydrogen) atoms. The summed E-state index contributed by atoms with van der Waals surface area (Å²) in [4.78, 5) is 13.4.